The molecule has 8 heteroatoms. The summed E-state index contributed by atoms with van der Waals surface area (Å²) in [7, 11) is 0. The summed E-state index contributed by atoms with van der Waals surface area (Å²) < 4.78 is 0. The Morgan fingerprint density at radius 3 is 1.31 bits per heavy atom. The molecule has 0 fully saturated rings. The lowest BCUT2D eigenvalue weighted by Crippen LogP contribution is -2.39. The molecule has 0 aromatic carbocycles. The van der Waals surface area contributed by atoms with Crippen molar-refractivity contribution in [1.29, 1.82) is 0 Å². The smallest absolute Gasteiger partial charge is 0.0694 e. The van der Waals surface area contributed by atoms with Gasteiger partial charge in [-0.3, -0.25) is 0 Å². The molecule has 26 heavy (non-hydrogen) atoms. The molecular formula is C18H42N4O4. The number of aliphatic hydroxyl groups excluding tert-OH is 4. The minimum absolute atomic E-state index is 0.109. The molecule has 4 atom stereocenters. The summed E-state index contributed by atoms with van der Waals surface area (Å²) in [6.45, 7) is 11.3. The molecule has 0 saturated carbocycles. The molecular weight excluding hydrogens is 336 g/mol. The normalized spacial score (nSPS) is 17.7. The first kappa shape index (κ1) is 25.7. The van der Waals surface area contributed by atoms with Gasteiger partial charge in [0.25, 0.3) is 0 Å². The first-order valence-electron chi connectivity index (χ1n) is 9.88. The maximum atomic E-state index is 10.2. The van der Waals surface area contributed by atoms with E-state index in [2.05, 4.69) is 21.3 Å². The molecule has 8 N–H and O–H groups in total. The molecule has 0 bridgehead atoms. The first-order chi connectivity index (χ1) is 12.3. The minimum atomic E-state index is -0.574. The zero-order valence-electron chi connectivity index (χ0n) is 16.7. The number of hydrogen-bond acceptors (Lipinski definition) is 8. The summed E-state index contributed by atoms with van der Waals surface area (Å²) >= 11 is 0. The van der Waals surface area contributed by atoms with Gasteiger partial charge in [0, 0.05) is 52.4 Å². The van der Waals surface area contributed by atoms with E-state index in [0.717, 1.165) is 39.3 Å². The van der Waals surface area contributed by atoms with Crippen LogP contribution in [0.25, 0.3) is 0 Å². The second-order valence-electron chi connectivity index (χ2n) is 7.25. The molecule has 0 radical (unpaired) electrons. The van der Waals surface area contributed by atoms with E-state index in [4.69, 9.17) is 5.11 Å². The Balaban J connectivity index is 3.54. The van der Waals surface area contributed by atoms with Crippen LogP contribution in [0.1, 0.15) is 33.6 Å². The molecule has 0 aromatic rings. The summed E-state index contributed by atoms with van der Waals surface area (Å²) in [4.78, 5) is 0. The molecule has 0 heterocycles. The van der Waals surface area contributed by atoms with Crippen LogP contribution in [-0.4, -0.2) is 97.2 Å². The second-order valence-corrected chi connectivity index (χ2v) is 7.25. The summed E-state index contributed by atoms with van der Waals surface area (Å²) in [5, 5.41) is 51.4. The molecule has 158 valence electrons. The monoisotopic (exact) mass is 378 g/mol. The molecule has 0 aliphatic carbocycles. The third-order valence-corrected chi connectivity index (χ3v) is 4.06. The van der Waals surface area contributed by atoms with Crippen LogP contribution in [0.3, 0.4) is 0 Å². The molecule has 0 saturated heterocycles. The van der Waals surface area contributed by atoms with Crippen LogP contribution in [0.5, 0.6) is 0 Å². The van der Waals surface area contributed by atoms with Crippen molar-refractivity contribution in [1.82, 2.24) is 21.3 Å². The van der Waals surface area contributed by atoms with E-state index >= 15 is 0 Å². The van der Waals surface area contributed by atoms with Crippen molar-refractivity contribution in [2.45, 2.75) is 58.0 Å². The van der Waals surface area contributed by atoms with Crippen LogP contribution in [0.2, 0.25) is 0 Å². The lowest BCUT2D eigenvalue weighted by Gasteiger charge is -2.25. The topological polar surface area (TPSA) is 129 Å². The Kier molecular flexibility index (Phi) is 16.6. The minimum Gasteiger partial charge on any atom is -0.393 e. The highest BCUT2D eigenvalue weighted by molar-refractivity contribution is 4.75. The van der Waals surface area contributed by atoms with Gasteiger partial charge in [-0.1, -0.05) is 0 Å². The molecule has 8 nitrogen and oxygen atoms in total. The maximum absolute atomic E-state index is 10.2. The van der Waals surface area contributed by atoms with Crippen molar-refractivity contribution in [3.8, 4) is 0 Å². The average molecular weight is 379 g/mol. The molecule has 4 unspecified atom stereocenters. The Morgan fingerprint density at radius 1 is 0.538 bits per heavy atom. The van der Waals surface area contributed by atoms with Gasteiger partial charge in [-0.15, -0.1) is 0 Å². The van der Waals surface area contributed by atoms with Crippen LogP contribution in [0.15, 0.2) is 0 Å². The fourth-order valence-corrected chi connectivity index (χ4v) is 2.79. The molecule has 0 aromatic heterocycles. The lowest BCUT2D eigenvalue weighted by atomic mass is 9.90. The van der Waals surface area contributed by atoms with Crippen molar-refractivity contribution < 1.29 is 20.4 Å². The Bertz CT molecular complexity index is 297. The van der Waals surface area contributed by atoms with E-state index in [1.54, 1.807) is 20.8 Å². The van der Waals surface area contributed by atoms with E-state index in [0.29, 0.717) is 25.9 Å². The Morgan fingerprint density at radius 2 is 0.923 bits per heavy atom. The molecule has 0 amide bonds. The van der Waals surface area contributed by atoms with Gasteiger partial charge in [-0.2, -0.15) is 0 Å². The number of hydrogen-bond donors (Lipinski definition) is 8. The number of rotatable bonds is 18. The maximum Gasteiger partial charge on any atom is 0.0694 e. The fraction of sp³-hybridized carbons (Fsp3) is 1.00. The van der Waals surface area contributed by atoms with Gasteiger partial charge in [-0.25, -0.2) is 0 Å². The quantitative estimate of drug-likeness (QED) is 0.132. The first-order valence-corrected chi connectivity index (χ1v) is 9.88. The summed E-state index contributed by atoms with van der Waals surface area (Å²) in [5.74, 6) is -0.109. The molecule has 0 rings (SSSR count). The summed E-state index contributed by atoms with van der Waals surface area (Å²) in [5.41, 5.74) is 0. The van der Waals surface area contributed by atoms with Gasteiger partial charge in [0.2, 0.25) is 0 Å². The SMILES string of the molecule is CC(O)CNCCNCCNCCNCC(O)C(CC(C)O)CC(C)O. The second kappa shape index (κ2) is 16.8. The zero-order valence-corrected chi connectivity index (χ0v) is 16.7. The summed E-state index contributed by atoms with van der Waals surface area (Å²) in [6, 6.07) is 0. The van der Waals surface area contributed by atoms with Crippen molar-refractivity contribution in [3.05, 3.63) is 0 Å². The van der Waals surface area contributed by atoms with Crippen LogP contribution in [0.4, 0.5) is 0 Å². The highest BCUT2D eigenvalue weighted by Crippen LogP contribution is 2.18. The van der Waals surface area contributed by atoms with Crippen molar-refractivity contribution in [2.75, 3.05) is 52.4 Å². The Hall–Kier alpha value is -0.320. The summed E-state index contributed by atoms with van der Waals surface area (Å²) in [6.07, 6.45) is -0.866. The van der Waals surface area contributed by atoms with Crippen molar-refractivity contribution in [3.63, 3.8) is 0 Å². The van der Waals surface area contributed by atoms with Gasteiger partial charge in [0.1, 0.15) is 0 Å². The third-order valence-electron chi connectivity index (χ3n) is 4.06. The molecule has 0 spiro atoms. The van der Waals surface area contributed by atoms with Gasteiger partial charge in [-0.05, 0) is 39.5 Å². The van der Waals surface area contributed by atoms with Gasteiger partial charge >= 0.3 is 0 Å². The van der Waals surface area contributed by atoms with E-state index in [1.807, 2.05) is 0 Å². The van der Waals surface area contributed by atoms with Crippen LogP contribution >= 0.6 is 0 Å². The van der Waals surface area contributed by atoms with Crippen molar-refractivity contribution >= 4 is 0 Å². The highest BCUT2D eigenvalue weighted by Gasteiger charge is 2.22. The Labute approximate surface area is 158 Å². The average Bonchev–Trinajstić information content (AvgIpc) is 2.53. The number of nitrogens with one attached hydrogen (secondary N) is 4. The third kappa shape index (κ3) is 17.1. The largest absolute Gasteiger partial charge is 0.393 e. The van der Waals surface area contributed by atoms with Crippen LogP contribution in [-0.2, 0) is 0 Å². The highest BCUT2D eigenvalue weighted by atomic mass is 16.3. The van der Waals surface area contributed by atoms with E-state index in [-0.39, 0.29) is 12.0 Å². The standard InChI is InChI=1S/C18H42N4O4/c1-14(23)10-17(11-15(2)24)18(26)13-22-9-7-20-5-4-19-6-8-21-12-16(3)25/h14-26H,4-13H2,1-3H3. The lowest BCUT2D eigenvalue weighted by molar-refractivity contribution is 0.0375. The van der Waals surface area contributed by atoms with Gasteiger partial charge < -0.3 is 41.7 Å². The predicted octanol–water partition coefficient (Wildman–Crippen LogP) is -1.76. The predicted molar refractivity (Wildman–Crippen MR) is 105 cm³/mol. The molecule has 0 aliphatic heterocycles. The van der Waals surface area contributed by atoms with Crippen LogP contribution < -0.4 is 21.3 Å². The van der Waals surface area contributed by atoms with E-state index < -0.39 is 18.3 Å². The van der Waals surface area contributed by atoms with E-state index in [9.17, 15) is 15.3 Å². The van der Waals surface area contributed by atoms with E-state index in [1.165, 1.54) is 0 Å². The fourth-order valence-electron chi connectivity index (χ4n) is 2.79. The zero-order chi connectivity index (χ0) is 19.8. The van der Waals surface area contributed by atoms with Crippen LogP contribution in [0, 0.1) is 5.92 Å². The van der Waals surface area contributed by atoms with Crippen molar-refractivity contribution in [2.24, 2.45) is 5.92 Å². The number of aliphatic hydroxyl groups is 4. The molecule has 0 aliphatic rings. The van der Waals surface area contributed by atoms with Gasteiger partial charge in [0.05, 0.1) is 24.4 Å². The van der Waals surface area contributed by atoms with Gasteiger partial charge in [0.15, 0.2) is 0 Å².